The molecule has 0 radical (unpaired) electrons. The van der Waals surface area contributed by atoms with E-state index in [0.717, 1.165) is 23.6 Å². The van der Waals surface area contributed by atoms with E-state index in [2.05, 4.69) is 5.32 Å². The van der Waals surface area contributed by atoms with E-state index in [1.165, 1.54) is 42.8 Å². The molecule has 3 atom stereocenters. The summed E-state index contributed by atoms with van der Waals surface area (Å²) in [6.45, 7) is 0.324. The maximum absolute atomic E-state index is 13.6. The normalized spacial score (nSPS) is 23.7. The number of halogens is 1. The van der Waals surface area contributed by atoms with E-state index in [9.17, 15) is 17.6 Å². The topological polar surface area (TPSA) is 84.9 Å². The number of ether oxygens (including phenoxy) is 2. The average Bonchev–Trinajstić information content (AvgIpc) is 3.41. The van der Waals surface area contributed by atoms with Gasteiger partial charge in [0.15, 0.2) is 11.5 Å². The Morgan fingerprint density at radius 2 is 1.78 bits per heavy atom. The van der Waals surface area contributed by atoms with Crippen molar-refractivity contribution in [2.75, 3.05) is 24.1 Å². The Labute approximate surface area is 186 Å². The van der Waals surface area contributed by atoms with Gasteiger partial charge in [0, 0.05) is 12.1 Å². The third-order valence-corrected chi connectivity index (χ3v) is 8.36. The van der Waals surface area contributed by atoms with Crippen LogP contribution in [0, 0.1) is 17.7 Å². The fourth-order valence-corrected chi connectivity index (χ4v) is 6.48. The fourth-order valence-electron chi connectivity index (χ4n) is 5.04. The van der Waals surface area contributed by atoms with Crippen molar-refractivity contribution >= 4 is 21.6 Å². The Kier molecular flexibility index (Phi) is 5.44. The van der Waals surface area contributed by atoms with Crippen LogP contribution in [-0.4, -0.2) is 40.1 Å². The monoisotopic (exact) mass is 460 g/mol. The Bertz CT molecular complexity index is 1120. The molecule has 2 aromatic rings. The summed E-state index contributed by atoms with van der Waals surface area (Å²) in [5.41, 5.74) is 0.212. The first-order chi connectivity index (χ1) is 15.4. The third kappa shape index (κ3) is 4.01. The predicted octanol–water partition coefficient (Wildman–Crippen LogP) is 3.10. The summed E-state index contributed by atoms with van der Waals surface area (Å²) >= 11 is 0. The molecule has 0 saturated heterocycles. The molecule has 3 unspecified atom stereocenters. The second-order valence-corrected chi connectivity index (χ2v) is 10.5. The van der Waals surface area contributed by atoms with Gasteiger partial charge in [0.25, 0.3) is 10.0 Å². The van der Waals surface area contributed by atoms with Gasteiger partial charge in [0.2, 0.25) is 5.91 Å². The number of hydrogen-bond donors (Lipinski definition) is 1. The SMILES string of the molecule is O=C(CN(c1ccc(F)cc1)S(=O)(=O)c1ccc2c(c1)OCCO2)NC1CC2CCC1C2. The molecule has 1 N–H and O–H groups in total. The van der Waals surface area contributed by atoms with Crippen molar-refractivity contribution in [2.24, 2.45) is 11.8 Å². The number of carbonyl (C=O) groups excluding carboxylic acids is 1. The lowest BCUT2D eigenvalue weighted by Crippen LogP contribution is -2.46. The van der Waals surface area contributed by atoms with E-state index in [1.54, 1.807) is 6.07 Å². The molecule has 1 heterocycles. The molecule has 2 fully saturated rings. The lowest BCUT2D eigenvalue weighted by molar-refractivity contribution is -0.120. The Morgan fingerprint density at radius 1 is 1.03 bits per heavy atom. The van der Waals surface area contributed by atoms with Gasteiger partial charge in [0.1, 0.15) is 25.6 Å². The maximum Gasteiger partial charge on any atom is 0.264 e. The molecule has 1 aliphatic heterocycles. The van der Waals surface area contributed by atoms with Gasteiger partial charge < -0.3 is 14.8 Å². The minimum atomic E-state index is -4.12. The smallest absolute Gasteiger partial charge is 0.264 e. The van der Waals surface area contributed by atoms with Crippen molar-refractivity contribution in [2.45, 2.75) is 36.6 Å². The fraction of sp³-hybridized carbons (Fsp3) is 0.435. The number of benzene rings is 2. The lowest BCUT2D eigenvalue weighted by atomic mass is 9.95. The number of fused-ring (bicyclic) bond motifs is 3. The van der Waals surface area contributed by atoms with Gasteiger partial charge in [-0.2, -0.15) is 0 Å². The van der Waals surface area contributed by atoms with Crippen LogP contribution in [0.15, 0.2) is 47.4 Å². The number of hydrogen-bond acceptors (Lipinski definition) is 5. The van der Waals surface area contributed by atoms with Crippen LogP contribution in [0.25, 0.3) is 0 Å². The molecule has 3 aliphatic rings. The molecule has 9 heteroatoms. The first-order valence-electron chi connectivity index (χ1n) is 10.9. The zero-order chi connectivity index (χ0) is 22.3. The van der Waals surface area contributed by atoms with Gasteiger partial charge in [0.05, 0.1) is 10.6 Å². The minimum Gasteiger partial charge on any atom is -0.486 e. The van der Waals surface area contributed by atoms with E-state index in [1.807, 2.05) is 0 Å². The summed E-state index contributed by atoms with van der Waals surface area (Å²) in [6, 6.07) is 9.52. The number of nitrogens with one attached hydrogen (secondary N) is 1. The quantitative estimate of drug-likeness (QED) is 0.716. The Morgan fingerprint density at radius 3 is 2.47 bits per heavy atom. The van der Waals surface area contributed by atoms with Crippen LogP contribution < -0.4 is 19.1 Å². The summed E-state index contributed by atoms with van der Waals surface area (Å²) in [5, 5.41) is 3.03. The molecular formula is C23H25FN2O5S. The van der Waals surface area contributed by atoms with Crippen LogP contribution >= 0.6 is 0 Å². The molecular weight excluding hydrogens is 435 g/mol. The molecule has 2 saturated carbocycles. The van der Waals surface area contributed by atoms with Crippen molar-refractivity contribution < 1.29 is 27.1 Å². The second-order valence-electron chi connectivity index (χ2n) is 8.64. The van der Waals surface area contributed by atoms with E-state index in [0.29, 0.717) is 36.5 Å². The standard InChI is InChI=1S/C23H25FN2O5S/c24-17-3-5-18(6-4-17)26(14-23(27)25-20-12-15-1-2-16(20)11-15)32(28,29)19-7-8-21-22(13-19)31-10-9-30-21/h3-8,13,15-16,20H,1-2,9-12,14H2,(H,25,27). The number of rotatable bonds is 6. The highest BCUT2D eigenvalue weighted by Crippen LogP contribution is 2.44. The van der Waals surface area contributed by atoms with Crippen molar-refractivity contribution in [1.82, 2.24) is 5.32 Å². The largest absolute Gasteiger partial charge is 0.486 e. The van der Waals surface area contributed by atoms with Gasteiger partial charge in [-0.3, -0.25) is 9.10 Å². The van der Waals surface area contributed by atoms with E-state index in [4.69, 9.17) is 9.47 Å². The molecule has 32 heavy (non-hydrogen) atoms. The molecule has 2 aliphatic carbocycles. The van der Waals surface area contributed by atoms with E-state index < -0.39 is 22.4 Å². The number of carbonyl (C=O) groups is 1. The number of anilines is 1. The van der Waals surface area contributed by atoms with Crippen molar-refractivity contribution in [3.05, 3.63) is 48.3 Å². The van der Waals surface area contributed by atoms with Gasteiger partial charge in [-0.05, 0) is 67.5 Å². The zero-order valence-corrected chi connectivity index (χ0v) is 18.3. The molecule has 170 valence electrons. The van der Waals surface area contributed by atoms with Gasteiger partial charge >= 0.3 is 0 Å². The summed E-state index contributed by atoms with van der Waals surface area (Å²) < 4.78 is 52.6. The molecule has 0 aromatic heterocycles. The molecule has 0 spiro atoms. The van der Waals surface area contributed by atoms with Crippen LogP contribution in [0.5, 0.6) is 11.5 Å². The number of sulfonamides is 1. The van der Waals surface area contributed by atoms with Gasteiger partial charge in [-0.15, -0.1) is 0 Å². The Hall–Kier alpha value is -2.81. The first-order valence-corrected chi connectivity index (χ1v) is 12.3. The van der Waals surface area contributed by atoms with E-state index in [-0.39, 0.29) is 22.5 Å². The predicted molar refractivity (Wildman–Crippen MR) is 116 cm³/mol. The second kappa shape index (κ2) is 8.27. The maximum atomic E-state index is 13.6. The minimum absolute atomic E-state index is 0.0289. The summed E-state index contributed by atoms with van der Waals surface area (Å²) in [6.07, 6.45) is 4.38. The van der Waals surface area contributed by atoms with Gasteiger partial charge in [-0.1, -0.05) is 6.42 Å². The van der Waals surface area contributed by atoms with Crippen LogP contribution in [0.1, 0.15) is 25.7 Å². The highest BCUT2D eigenvalue weighted by atomic mass is 32.2. The van der Waals surface area contributed by atoms with Gasteiger partial charge in [-0.25, -0.2) is 12.8 Å². The molecule has 2 aromatic carbocycles. The van der Waals surface area contributed by atoms with Crippen molar-refractivity contribution in [3.8, 4) is 11.5 Å². The number of nitrogens with zero attached hydrogens (tertiary/aromatic N) is 1. The first kappa shape index (κ1) is 21.1. The summed E-state index contributed by atoms with van der Waals surface area (Å²) in [4.78, 5) is 12.9. The Balaban J connectivity index is 1.42. The molecule has 2 bridgehead atoms. The van der Waals surface area contributed by atoms with Crippen LogP contribution in [0.4, 0.5) is 10.1 Å². The molecule has 1 amide bonds. The summed E-state index contributed by atoms with van der Waals surface area (Å²) in [7, 11) is -4.12. The van der Waals surface area contributed by atoms with Crippen LogP contribution in [0.2, 0.25) is 0 Å². The average molecular weight is 461 g/mol. The zero-order valence-electron chi connectivity index (χ0n) is 17.5. The van der Waals surface area contributed by atoms with Crippen molar-refractivity contribution in [1.29, 1.82) is 0 Å². The van der Waals surface area contributed by atoms with Crippen LogP contribution in [0.3, 0.4) is 0 Å². The van der Waals surface area contributed by atoms with E-state index >= 15 is 0 Å². The summed E-state index contributed by atoms with van der Waals surface area (Å²) in [5.74, 6) is 1.07. The highest BCUT2D eigenvalue weighted by Gasteiger charge is 2.40. The number of amides is 1. The van der Waals surface area contributed by atoms with Crippen molar-refractivity contribution in [3.63, 3.8) is 0 Å². The highest BCUT2D eigenvalue weighted by molar-refractivity contribution is 7.92. The van der Waals surface area contributed by atoms with Crippen LogP contribution in [-0.2, 0) is 14.8 Å². The third-order valence-electron chi connectivity index (χ3n) is 6.59. The molecule has 5 rings (SSSR count). The lowest BCUT2D eigenvalue weighted by Gasteiger charge is -2.27. The molecule has 7 nitrogen and oxygen atoms in total.